The number of aliphatic hydroxyl groups excluding tert-OH is 1. The lowest BCUT2D eigenvalue weighted by Crippen LogP contribution is -2.22. The highest BCUT2D eigenvalue weighted by atomic mass is 127. The molecule has 1 N–H and O–H groups in total. The first-order chi connectivity index (χ1) is 4.70. The third kappa shape index (κ3) is 2.21. The molecule has 1 aliphatic rings. The number of aliphatic hydroxyl groups is 1. The fraction of sp³-hybridized carbons (Fsp3) is 0.714. The molecule has 2 nitrogen and oxygen atoms in total. The molecule has 0 radical (unpaired) electrons. The van der Waals surface area contributed by atoms with E-state index in [1.54, 1.807) is 0 Å². The summed E-state index contributed by atoms with van der Waals surface area (Å²) in [5, 5.41) is 9.17. The second kappa shape index (κ2) is 3.69. The van der Waals surface area contributed by atoms with Crippen LogP contribution in [0.5, 0.6) is 0 Å². The first-order valence-electron chi connectivity index (χ1n) is 3.48. The molecule has 0 saturated carbocycles. The van der Waals surface area contributed by atoms with E-state index in [0.717, 1.165) is 19.5 Å². The quantitative estimate of drug-likeness (QED) is 0.433. The van der Waals surface area contributed by atoms with Crippen molar-refractivity contribution in [3.8, 4) is 0 Å². The Bertz CT molecular complexity index is 145. The maximum atomic E-state index is 9.17. The molecule has 1 rings (SSSR count). The van der Waals surface area contributed by atoms with Crippen LogP contribution in [0.3, 0.4) is 0 Å². The number of halogens is 1. The average molecular weight is 253 g/mol. The Morgan fingerprint density at radius 3 is 2.90 bits per heavy atom. The van der Waals surface area contributed by atoms with Gasteiger partial charge in [-0.1, -0.05) is 6.08 Å². The van der Waals surface area contributed by atoms with Crippen LogP contribution in [0.4, 0.5) is 0 Å². The molecule has 0 saturated heterocycles. The van der Waals surface area contributed by atoms with Crippen LogP contribution >= 0.6 is 22.9 Å². The van der Waals surface area contributed by atoms with Crippen LogP contribution in [0, 0.1) is 0 Å². The molecule has 0 fully saturated rings. The molecule has 0 amide bonds. The minimum Gasteiger partial charge on any atom is -0.389 e. The molecule has 0 aromatic rings. The van der Waals surface area contributed by atoms with Gasteiger partial charge in [0, 0.05) is 36.0 Å². The smallest absolute Gasteiger partial charge is 0.0722 e. The maximum Gasteiger partial charge on any atom is 0.0722 e. The predicted molar refractivity (Wildman–Crippen MR) is 50.0 cm³/mol. The van der Waals surface area contributed by atoms with Crippen molar-refractivity contribution in [2.75, 3.05) is 13.1 Å². The molecular weight excluding hydrogens is 241 g/mol. The Morgan fingerprint density at radius 1 is 1.80 bits per heavy atom. The fourth-order valence-corrected chi connectivity index (χ4v) is 1.48. The highest BCUT2D eigenvalue weighted by Crippen LogP contribution is 2.16. The normalized spacial score (nSPS) is 24.1. The van der Waals surface area contributed by atoms with Crippen molar-refractivity contribution in [1.29, 1.82) is 0 Å². The molecule has 1 heterocycles. The van der Waals surface area contributed by atoms with E-state index < -0.39 is 0 Å². The van der Waals surface area contributed by atoms with Crippen molar-refractivity contribution in [3.05, 3.63) is 11.6 Å². The van der Waals surface area contributed by atoms with E-state index >= 15 is 0 Å². The van der Waals surface area contributed by atoms with Gasteiger partial charge in [0.15, 0.2) is 0 Å². The van der Waals surface area contributed by atoms with Gasteiger partial charge in [0.25, 0.3) is 0 Å². The zero-order chi connectivity index (χ0) is 7.56. The van der Waals surface area contributed by atoms with E-state index in [-0.39, 0.29) is 6.10 Å². The van der Waals surface area contributed by atoms with E-state index in [9.17, 15) is 5.11 Å². The van der Waals surface area contributed by atoms with Crippen molar-refractivity contribution in [2.24, 2.45) is 0 Å². The van der Waals surface area contributed by atoms with Gasteiger partial charge in [0.1, 0.15) is 0 Å². The van der Waals surface area contributed by atoms with Crippen molar-refractivity contribution < 1.29 is 5.11 Å². The molecule has 1 aliphatic heterocycles. The summed E-state index contributed by atoms with van der Waals surface area (Å²) in [6.45, 7) is 3.87. The van der Waals surface area contributed by atoms with E-state index in [4.69, 9.17) is 0 Å². The number of nitrogens with zero attached hydrogens (tertiary/aromatic N) is 1. The van der Waals surface area contributed by atoms with Crippen molar-refractivity contribution in [2.45, 2.75) is 19.4 Å². The largest absolute Gasteiger partial charge is 0.389 e. The van der Waals surface area contributed by atoms with Gasteiger partial charge in [0.2, 0.25) is 0 Å². The first kappa shape index (κ1) is 8.49. The summed E-state index contributed by atoms with van der Waals surface area (Å²) >= 11 is 2.30. The summed E-state index contributed by atoms with van der Waals surface area (Å²) in [5.74, 6) is 0. The van der Waals surface area contributed by atoms with E-state index in [1.807, 2.05) is 6.92 Å². The predicted octanol–water partition coefficient (Wildman–Crippen LogP) is 1.35. The van der Waals surface area contributed by atoms with Crippen molar-refractivity contribution >= 4 is 22.9 Å². The minimum absolute atomic E-state index is 0.245. The van der Waals surface area contributed by atoms with Crippen LogP contribution in [0.15, 0.2) is 11.6 Å². The van der Waals surface area contributed by atoms with Crippen LogP contribution in [0.1, 0.15) is 13.3 Å². The van der Waals surface area contributed by atoms with Gasteiger partial charge in [-0.05, 0) is 18.9 Å². The monoisotopic (exact) mass is 253 g/mol. The fourth-order valence-electron chi connectivity index (χ4n) is 1.04. The molecule has 58 valence electrons. The zero-order valence-electron chi connectivity index (χ0n) is 6.05. The van der Waals surface area contributed by atoms with Gasteiger partial charge < -0.3 is 5.11 Å². The summed E-state index contributed by atoms with van der Waals surface area (Å²) in [6.07, 6.45) is 2.88. The Labute approximate surface area is 75.4 Å². The number of hydrogen-bond acceptors (Lipinski definition) is 2. The van der Waals surface area contributed by atoms with Gasteiger partial charge in [-0.15, -0.1) is 0 Å². The Morgan fingerprint density at radius 2 is 2.50 bits per heavy atom. The minimum atomic E-state index is -0.245. The molecule has 1 atom stereocenters. The van der Waals surface area contributed by atoms with Gasteiger partial charge in [-0.3, -0.25) is 0 Å². The van der Waals surface area contributed by atoms with E-state index in [2.05, 4.69) is 32.1 Å². The van der Waals surface area contributed by atoms with E-state index in [1.165, 1.54) is 5.57 Å². The summed E-state index contributed by atoms with van der Waals surface area (Å²) in [4.78, 5) is 0. The standard InChI is InChI=1S/C7H12INO/c1-6(10)7-2-4-9(8)5-3-7/h2,6,10H,3-5H2,1H3/t6-/m0/s1. The third-order valence-electron chi connectivity index (χ3n) is 1.73. The summed E-state index contributed by atoms with van der Waals surface area (Å²) in [7, 11) is 0. The lowest BCUT2D eigenvalue weighted by molar-refractivity contribution is 0.222. The number of rotatable bonds is 1. The molecule has 0 spiro atoms. The Balaban J connectivity index is 2.48. The highest BCUT2D eigenvalue weighted by Gasteiger charge is 2.11. The molecule has 0 aromatic heterocycles. The molecule has 0 aliphatic carbocycles. The molecule has 0 unspecified atom stereocenters. The molecule has 3 heteroatoms. The second-order valence-electron chi connectivity index (χ2n) is 2.57. The van der Waals surface area contributed by atoms with Crippen LogP contribution in [-0.4, -0.2) is 27.4 Å². The molecule has 0 bridgehead atoms. The van der Waals surface area contributed by atoms with Crippen LogP contribution < -0.4 is 0 Å². The SMILES string of the molecule is C[C@H](O)C1=CCN(I)CC1. The zero-order valence-corrected chi connectivity index (χ0v) is 8.21. The lowest BCUT2D eigenvalue weighted by atomic mass is 10.1. The maximum absolute atomic E-state index is 9.17. The highest BCUT2D eigenvalue weighted by molar-refractivity contribution is 14.1. The van der Waals surface area contributed by atoms with Gasteiger partial charge >= 0.3 is 0 Å². The van der Waals surface area contributed by atoms with Gasteiger partial charge in [-0.2, -0.15) is 0 Å². The summed E-state index contributed by atoms with van der Waals surface area (Å²) in [5.41, 5.74) is 1.19. The summed E-state index contributed by atoms with van der Waals surface area (Å²) < 4.78 is 2.21. The Hall–Kier alpha value is 0.390. The van der Waals surface area contributed by atoms with Crippen molar-refractivity contribution in [1.82, 2.24) is 3.11 Å². The third-order valence-corrected chi connectivity index (χ3v) is 2.61. The van der Waals surface area contributed by atoms with Crippen LogP contribution in [0.25, 0.3) is 0 Å². The molecular formula is C7H12INO. The topological polar surface area (TPSA) is 23.5 Å². The first-order valence-corrected chi connectivity index (χ1v) is 4.44. The van der Waals surface area contributed by atoms with E-state index in [0.29, 0.717) is 0 Å². The van der Waals surface area contributed by atoms with Crippen LogP contribution in [0.2, 0.25) is 0 Å². The van der Waals surface area contributed by atoms with Gasteiger partial charge in [-0.25, -0.2) is 3.11 Å². The molecule has 10 heavy (non-hydrogen) atoms. The van der Waals surface area contributed by atoms with Gasteiger partial charge in [0.05, 0.1) is 6.10 Å². The van der Waals surface area contributed by atoms with Crippen LogP contribution in [-0.2, 0) is 0 Å². The second-order valence-corrected chi connectivity index (χ2v) is 3.94. The average Bonchev–Trinajstić information content (AvgIpc) is 1.88. The molecule has 0 aromatic carbocycles. The van der Waals surface area contributed by atoms with Crippen molar-refractivity contribution in [3.63, 3.8) is 0 Å². The summed E-state index contributed by atoms with van der Waals surface area (Å²) in [6, 6.07) is 0. The Kier molecular flexibility index (Phi) is 3.13. The number of hydrogen-bond donors (Lipinski definition) is 1. The lowest BCUT2D eigenvalue weighted by Gasteiger charge is -2.21.